The third-order valence-corrected chi connectivity index (χ3v) is 16.2. The van der Waals surface area contributed by atoms with Crippen molar-refractivity contribution < 1.29 is 37.5 Å². The number of fused-ring (bicyclic) bond motifs is 1. The fourth-order valence-corrected chi connectivity index (χ4v) is 11.1. The summed E-state index contributed by atoms with van der Waals surface area (Å²) < 4.78 is 58.5. The lowest BCUT2D eigenvalue weighted by Crippen LogP contribution is -2.43. The van der Waals surface area contributed by atoms with Gasteiger partial charge in [-0.25, -0.2) is 14.6 Å². The Morgan fingerprint density at radius 1 is 0.812 bits per heavy atom. The van der Waals surface area contributed by atoms with E-state index in [2.05, 4.69) is 91.1 Å². The Balaban J connectivity index is 1.38. The van der Waals surface area contributed by atoms with Crippen LogP contribution >= 0.6 is 24.5 Å². The van der Waals surface area contributed by atoms with Crippen LogP contribution in [0.1, 0.15) is 62.6 Å². The lowest BCUT2D eigenvalue weighted by Gasteiger charge is -2.39. The molecule has 4 aromatic carbocycles. The van der Waals surface area contributed by atoms with E-state index in [1.165, 1.54) is 6.33 Å². The number of nitriles is 1. The molecular weight excluding hydrogens is 976 g/mol. The van der Waals surface area contributed by atoms with Gasteiger partial charge in [-0.2, -0.15) is 10.2 Å². The molecule has 14 nitrogen and oxygen atoms in total. The molecule has 0 radical (unpaired) electrons. The van der Waals surface area contributed by atoms with Crippen molar-refractivity contribution >= 4 is 43.7 Å². The fourth-order valence-electron chi connectivity index (χ4n) is 8.40. The monoisotopic (exact) mass is 1040 g/mol. The predicted molar refractivity (Wildman–Crippen MR) is 274 cm³/mol. The molecule has 3 heterocycles. The molecule has 2 aromatic heterocycles. The normalized spacial score (nSPS) is 18.0. The van der Waals surface area contributed by atoms with Gasteiger partial charge in [0.25, 0.3) is 8.53 Å². The van der Waals surface area contributed by atoms with Gasteiger partial charge in [0.2, 0.25) is 5.88 Å². The van der Waals surface area contributed by atoms with Crippen molar-refractivity contribution in [2.75, 3.05) is 34.0 Å². The Hall–Kier alpha value is -4.79. The van der Waals surface area contributed by atoms with Crippen molar-refractivity contribution in [3.63, 3.8) is 0 Å². The Labute approximate surface area is 417 Å². The summed E-state index contributed by atoms with van der Waals surface area (Å²) in [6.45, 7) is 16.3. The zero-order valence-corrected chi connectivity index (χ0v) is 44.4. The molecule has 366 valence electrons. The molecule has 17 heteroatoms. The van der Waals surface area contributed by atoms with Crippen molar-refractivity contribution in [2.24, 2.45) is 0 Å². The second kappa shape index (κ2) is 23.9. The van der Waals surface area contributed by atoms with Gasteiger partial charge in [0.1, 0.15) is 41.7 Å². The Morgan fingerprint density at radius 3 is 2.01 bits per heavy atom. The first-order valence-electron chi connectivity index (χ1n) is 23.3. The SMILES string of the molecule is COc1ccc(C(OC[C@H]2O[C@@H](n3cnc4c(OCC[Si](C)(C)C)ncnc43)[C@H](OCc3ccc(Br)cc3)[C@@H]2OP(OCCC#N)N(C(C)C)C(C)C)(c2ccccc2)c2ccc(OC)cc2)cc1. The van der Waals surface area contributed by atoms with Gasteiger partial charge in [-0.3, -0.25) is 4.57 Å². The standard InChI is InChI=1S/C52H64BrN6O8PSi/c1-36(2)59(37(3)4)68(65-29-13-28-54)67-47-45(33-64-52(39-14-11-10-12-15-39,40-18-24-43(60-5)25-19-40)41-20-26-44(61-6)27-21-41)66-51(48(47)63-32-38-16-22-42(53)23-17-38)58-35-57-46-49(58)55-34-56-50(46)62-30-31-69(7,8)9/h10-12,14-27,34-37,45,47-48,51H,13,29-33H2,1-9H3/t45-,47-,48-,51-,68?/m1/s1. The summed E-state index contributed by atoms with van der Waals surface area (Å²) in [6, 6.07) is 37.2. The summed E-state index contributed by atoms with van der Waals surface area (Å²) in [5.41, 5.74) is 3.42. The van der Waals surface area contributed by atoms with E-state index in [9.17, 15) is 5.26 Å². The molecule has 1 fully saturated rings. The van der Waals surface area contributed by atoms with Crippen LogP contribution in [-0.4, -0.2) is 96.7 Å². The molecule has 1 aliphatic rings. The second-order valence-electron chi connectivity index (χ2n) is 18.6. The van der Waals surface area contributed by atoms with Crippen LogP contribution in [0.25, 0.3) is 11.2 Å². The number of nitrogens with zero attached hydrogens (tertiary/aromatic N) is 6. The van der Waals surface area contributed by atoms with Crippen molar-refractivity contribution in [1.82, 2.24) is 24.2 Å². The Bertz CT molecular complexity index is 2520. The number of hydrogen-bond donors (Lipinski definition) is 0. The number of rotatable bonds is 24. The van der Waals surface area contributed by atoms with Crippen LogP contribution in [0, 0.1) is 11.3 Å². The summed E-state index contributed by atoms with van der Waals surface area (Å²) in [7, 11) is 0.106. The van der Waals surface area contributed by atoms with Crippen molar-refractivity contribution in [3.05, 3.63) is 143 Å². The number of ether oxygens (including phenoxy) is 6. The quantitative estimate of drug-likeness (QED) is 0.0246. The van der Waals surface area contributed by atoms with E-state index < -0.39 is 46.7 Å². The minimum Gasteiger partial charge on any atom is -0.497 e. The van der Waals surface area contributed by atoms with Gasteiger partial charge < -0.3 is 37.5 Å². The van der Waals surface area contributed by atoms with E-state index in [1.807, 2.05) is 95.6 Å². The van der Waals surface area contributed by atoms with Gasteiger partial charge >= 0.3 is 0 Å². The molecule has 0 bridgehead atoms. The number of benzene rings is 4. The molecule has 69 heavy (non-hydrogen) atoms. The Morgan fingerprint density at radius 2 is 1.43 bits per heavy atom. The average molecular weight is 1040 g/mol. The highest BCUT2D eigenvalue weighted by Gasteiger charge is 2.52. The van der Waals surface area contributed by atoms with Crippen LogP contribution in [-0.2, 0) is 35.5 Å². The largest absolute Gasteiger partial charge is 0.497 e. The van der Waals surface area contributed by atoms with Crippen molar-refractivity contribution in [1.29, 1.82) is 5.26 Å². The van der Waals surface area contributed by atoms with E-state index in [-0.39, 0.29) is 38.3 Å². The molecule has 0 N–H and O–H groups in total. The molecule has 0 aliphatic carbocycles. The van der Waals surface area contributed by atoms with Gasteiger partial charge in [-0.1, -0.05) is 102 Å². The van der Waals surface area contributed by atoms with Crippen molar-refractivity contribution in [2.45, 2.75) is 109 Å². The van der Waals surface area contributed by atoms with Gasteiger partial charge in [-0.15, -0.1) is 0 Å². The first-order valence-corrected chi connectivity index (χ1v) is 28.9. The molecule has 1 saturated heterocycles. The first-order chi connectivity index (χ1) is 33.3. The molecule has 1 aliphatic heterocycles. The maximum atomic E-state index is 9.64. The van der Waals surface area contributed by atoms with Crippen LogP contribution in [0.3, 0.4) is 0 Å². The van der Waals surface area contributed by atoms with Crippen LogP contribution in [0.4, 0.5) is 0 Å². The zero-order valence-electron chi connectivity index (χ0n) is 41.0. The van der Waals surface area contributed by atoms with Gasteiger partial charge in [0, 0.05) is 24.6 Å². The third-order valence-electron chi connectivity index (χ3n) is 11.8. The van der Waals surface area contributed by atoms with E-state index in [4.69, 9.17) is 47.4 Å². The van der Waals surface area contributed by atoms with Crippen LogP contribution in [0.15, 0.2) is 120 Å². The maximum absolute atomic E-state index is 9.64. The highest BCUT2D eigenvalue weighted by atomic mass is 79.9. The lowest BCUT2D eigenvalue weighted by molar-refractivity contribution is -0.0963. The maximum Gasteiger partial charge on any atom is 0.259 e. The summed E-state index contributed by atoms with van der Waals surface area (Å²) in [4.78, 5) is 14.1. The highest BCUT2D eigenvalue weighted by Crippen LogP contribution is 2.52. The van der Waals surface area contributed by atoms with E-state index >= 15 is 0 Å². The Kier molecular flexibility index (Phi) is 18.0. The zero-order chi connectivity index (χ0) is 49.1. The van der Waals surface area contributed by atoms with Crippen LogP contribution in [0.2, 0.25) is 25.7 Å². The van der Waals surface area contributed by atoms with E-state index in [1.54, 1.807) is 20.5 Å². The number of imidazole rings is 1. The molecule has 6 aromatic rings. The fraction of sp³-hybridized carbons (Fsp3) is 0.423. The molecular formula is C52H64BrN6O8PSi. The number of aromatic nitrogens is 4. The van der Waals surface area contributed by atoms with Gasteiger partial charge in [0.15, 0.2) is 17.4 Å². The van der Waals surface area contributed by atoms with Gasteiger partial charge in [-0.05, 0) is 92.4 Å². The molecule has 0 spiro atoms. The molecule has 5 atom stereocenters. The van der Waals surface area contributed by atoms with Crippen LogP contribution in [0.5, 0.6) is 17.4 Å². The number of halogens is 1. The summed E-state index contributed by atoms with van der Waals surface area (Å²) in [5, 5.41) is 9.64. The first kappa shape index (κ1) is 52.0. The number of hydrogen-bond acceptors (Lipinski definition) is 13. The predicted octanol–water partition coefficient (Wildman–Crippen LogP) is 11.5. The highest BCUT2D eigenvalue weighted by molar-refractivity contribution is 9.10. The molecule has 1 unspecified atom stereocenters. The molecule has 7 rings (SSSR count). The van der Waals surface area contributed by atoms with Crippen LogP contribution < -0.4 is 14.2 Å². The lowest BCUT2D eigenvalue weighted by atomic mass is 9.80. The summed E-state index contributed by atoms with van der Waals surface area (Å²) >= 11 is 3.58. The summed E-state index contributed by atoms with van der Waals surface area (Å²) in [5.74, 6) is 1.82. The second-order valence-corrected chi connectivity index (χ2v) is 26.5. The summed E-state index contributed by atoms with van der Waals surface area (Å²) in [6.07, 6.45) is 0.213. The van der Waals surface area contributed by atoms with Crippen molar-refractivity contribution in [3.8, 4) is 23.4 Å². The average Bonchev–Trinajstić information content (AvgIpc) is 3.93. The molecule has 0 saturated carbocycles. The third kappa shape index (κ3) is 12.6. The van der Waals surface area contributed by atoms with E-state index in [0.29, 0.717) is 35.1 Å². The smallest absolute Gasteiger partial charge is 0.259 e. The number of methoxy groups -OCH3 is 2. The minimum atomic E-state index is -1.80. The minimum absolute atomic E-state index is 0.0175. The van der Waals surface area contributed by atoms with Gasteiger partial charge in [0.05, 0.1) is 59.5 Å². The molecule has 0 amide bonds. The van der Waals surface area contributed by atoms with E-state index in [0.717, 1.165) is 32.8 Å². The topological polar surface area (TPSA) is 144 Å².